The smallest absolute Gasteiger partial charge is 0.315 e. The van der Waals surface area contributed by atoms with Crippen LogP contribution in [0.25, 0.3) is 0 Å². The van der Waals surface area contributed by atoms with Crippen LogP contribution in [0.1, 0.15) is 51.3 Å². The summed E-state index contributed by atoms with van der Waals surface area (Å²) in [5.41, 5.74) is 5.45. The monoisotopic (exact) mass is 252 g/mol. The van der Waals surface area contributed by atoms with Gasteiger partial charge in [-0.15, -0.1) is 5.10 Å². The average molecular weight is 252 g/mol. The molecule has 0 aliphatic heterocycles. The number of nitrogens with one attached hydrogen (secondary N) is 1. The molecule has 1 aromatic heterocycles. The third-order valence-electron chi connectivity index (χ3n) is 3.70. The first-order valence-electron chi connectivity index (χ1n) is 7.10. The second-order valence-electron chi connectivity index (χ2n) is 5.19. The van der Waals surface area contributed by atoms with E-state index in [1.165, 1.54) is 38.5 Å². The molecule has 0 radical (unpaired) electrons. The van der Waals surface area contributed by atoms with E-state index in [4.69, 9.17) is 10.2 Å². The van der Waals surface area contributed by atoms with Crippen LogP contribution in [0.2, 0.25) is 0 Å². The normalized spacial score (nSPS) is 24.1. The standard InChI is InChI=1S/C13H24N4O/c1-2-3-10-4-6-11(7-5-10)15-13-17-16-12(18-13)8-9-14/h10-11H,2-9,14H2,1H3,(H,15,17). The van der Waals surface area contributed by atoms with Crippen LogP contribution in [0.15, 0.2) is 4.42 Å². The van der Waals surface area contributed by atoms with Gasteiger partial charge in [0.25, 0.3) is 0 Å². The van der Waals surface area contributed by atoms with E-state index >= 15 is 0 Å². The SMILES string of the molecule is CCCC1CCC(Nc2nnc(CCN)o2)CC1. The van der Waals surface area contributed by atoms with E-state index in [1.807, 2.05) is 0 Å². The fourth-order valence-electron chi connectivity index (χ4n) is 2.71. The topological polar surface area (TPSA) is 77.0 Å². The highest BCUT2D eigenvalue weighted by molar-refractivity contribution is 5.19. The molecule has 1 aliphatic rings. The van der Waals surface area contributed by atoms with E-state index in [2.05, 4.69) is 22.4 Å². The summed E-state index contributed by atoms with van der Waals surface area (Å²) in [6.07, 6.45) is 8.36. The Bertz CT molecular complexity index is 345. The lowest BCUT2D eigenvalue weighted by Gasteiger charge is -2.28. The maximum absolute atomic E-state index is 5.49. The van der Waals surface area contributed by atoms with Gasteiger partial charge in [-0.1, -0.05) is 24.9 Å². The van der Waals surface area contributed by atoms with Gasteiger partial charge in [0, 0.05) is 19.0 Å². The summed E-state index contributed by atoms with van der Waals surface area (Å²) in [7, 11) is 0. The molecule has 1 aliphatic carbocycles. The zero-order valence-electron chi connectivity index (χ0n) is 11.2. The van der Waals surface area contributed by atoms with E-state index in [-0.39, 0.29) is 0 Å². The zero-order chi connectivity index (χ0) is 12.8. The minimum absolute atomic E-state index is 0.490. The molecule has 1 saturated carbocycles. The van der Waals surface area contributed by atoms with Gasteiger partial charge in [0.2, 0.25) is 5.89 Å². The van der Waals surface area contributed by atoms with E-state index in [9.17, 15) is 0 Å². The fraction of sp³-hybridized carbons (Fsp3) is 0.846. The summed E-state index contributed by atoms with van der Waals surface area (Å²) in [6, 6.07) is 1.04. The summed E-state index contributed by atoms with van der Waals surface area (Å²) >= 11 is 0. The van der Waals surface area contributed by atoms with E-state index < -0.39 is 0 Å². The first kappa shape index (κ1) is 13.3. The number of hydrogen-bond acceptors (Lipinski definition) is 5. The van der Waals surface area contributed by atoms with Crippen LogP contribution >= 0.6 is 0 Å². The highest BCUT2D eigenvalue weighted by Gasteiger charge is 2.21. The molecule has 5 heteroatoms. The van der Waals surface area contributed by atoms with Gasteiger partial charge in [-0.3, -0.25) is 0 Å². The quantitative estimate of drug-likeness (QED) is 0.812. The second-order valence-corrected chi connectivity index (χ2v) is 5.19. The number of nitrogens with two attached hydrogens (primary N) is 1. The minimum atomic E-state index is 0.490. The summed E-state index contributed by atoms with van der Waals surface area (Å²) < 4.78 is 5.49. The Labute approximate surface area is 109 Å². The largest absolute Gasteiger partial charge is 0.408 e. The minimum Gasteiger partial charge on any atom is -0.408 e. The molecule has 1 aromatic rings. The first-order valence-corrected chi connectivity index (χ1v) is 7.10. The van der Waals surface area contributed by atoms with Crippen molar-refractivity contribution in [2.24, 2.45) is 11.7 Å². The predicted octanol–water partition coefficient (Wildman–Crippen LogP) is 2.34. The number of hydrogen-bond donors (Lipinski definition) is 2. The van der Waals surface area contributed by atoms with Crippen LogP contribution in [-0.4, -0.2) is 22.8 Å². The third-order valence-corrected chi connectivity index (χ3v) is 3.70. The Morgan fingerprint density at radius 2 is 2.06 bits per heavy atom. The Kier molecular flexibility index (Phi) is 4.99. The van der Waals surface area contributed by atoms with Crippen LogP contribution in [0.5, 0.6) is 0 Å². The third kappa shape index (κ3) is 3.70. The number of aromatic nitrogens is 2. The summed E-state index contributed by atoms with van der Waals surface area (Å²) in [5, 5.41) is 11.3. The van der Waals surface area contributed by atoms with Crippen molar-refractivity contribution in [2.45, 2.75) is 57.9 Å². The number of anilines is 1. The Balaban J connectivity index is 1.76. The second kappa shape index (κ2) is 6.73. The molecule has 102 valence electrons. The Hall–Kier alpha value is -1.10. The van der Waals surface area contributed by atoms with Gasteiger partial charge in [-0.2, -0.15) is 0 Å². The van der Waals surface area contributed by atoms with Gasteiger partial charge in [0.05, 0.1) is 0 Å². The van der Waals surface area contributed by atoms with Gasteiger partial charge in [0.1, 0.15) is 0 Å². The summed E-state index contributed by atoms with van der Waals surface area (Å²) in [5.74, 6) is 1.54. The van der Waals surface area contributed by atoms with Crippen molar-refractivity contribution in [3.8, 4) is 0 Å². The molecule has 5 nitrogen and oxygen atoms in total. The van der Waals surface area contributed by atoms with Gasteiger partial charge in [0.15, 0.2) is 0 Å². The maximum atomic E-state index is 5.49. The molecule has 1 heterocycles. The first-order chi connectivity index (χ1) is 8.81. The van der Waals surface area contributed by atoms with Gasteiger partial charge in [-0.05, 0) is 31.6 Å². The Morgan fingerprint density at radius 3 is 2.72 bits per heavy atom. The van der Waals surface area contributed by atoms with Crippen molar-refractivity contribution in [1.29, 1.82) is 0 Å². The summed E-state index contributed by atoms with van der Waals surface area (Å²) in [6.45, 7) is 2.81. The highest BCUT2D eigenvalue weighted by atomic mass is 16.4. The van der Waals surface area contributed by atoms with Gasteiger partial charge in [-0.25, -0.2) is 0 Å². The predicted molar refractivity (Wildman–Crippen MR) is 71.3 cm³/mol. The maximum Gasteiger partial charge on any atom is 0.315 e. The van der Waals surface area contributed by atoms with Crippen molar-refractivity contribution in [2.75, 3.05) is 11.9 Å². The van der Waals surface area contributed by atoms with Crippen molar-refractivity contribution in [1.82, 2.24) is 10.2 Å². The molecule has 0 aromatic carbocycles. The molecule has 2 rings (SSSR count). The van der Waals surface area contributed by atoms with Crippen LogP contribution in [0.3, 0.4) is 0 Å². The van der Waals surface area contributed by atoms with Crippen molar-refractivity contribution >= 4 is 6.01 Å². The van der Waals surface area contributed by atoms with Crippen LogP contribution in [-0.2, 0) is 6.42 Å². The number of nitrogens with zero attached hydrogens (tertiary/aromatic N) is 2. The molecule has 0 saturated heterocycles. The molecule has 0 spiro atoms. The molecule has 0 atom stereocenters. The lowest BCUT2D eigenvalue weighted by Crippen LogP contribution is -2.26. The zero-order valence-corrected chi connectivity index (χ0v) is 11.2. The Morgan fingerprint density at radius 1 is 1.28 bits per heavy atom. The molecule has 3 N–H and O–H groups in total. The van der Waals surface area contributed by atoms with Crippen LogP contribution in [0.4, 0.5) is 6.01 Å². The highest BCUT2D eigenvalue weighted by Crippen LogP contribution is 2.29. The van der Waals surface area contributed by atoms with E-state index in [0.29, 0.717) is 30.9 Å². The van der Waals surface area contributed by atoms with E-state index in [1.54, 1.807) is 0 Å². The molecule has 0 unspecified atom stereocenters. The number of rotatable bonds is 6. The molecule has 0 bridgehead atoms. The lowest BCUT2D eigenvalue weighted by molar-refractivity contribution is 0.315. The van der Waals surface area contributed by atoms with Crippen LogP contribution < -0.4 is 11.1 Å². The van der Waals surface area contributed by atoms with Crippen molar-refractivity contribution in [3.05, 3.63) is 5.89 Å². The van der Waals surface area contributed by atoms with Crippen molar-refractivity contribution in [3.63, 3.8) is 0 Å². The molecular formula is C13H24N4O. The fourth-order valence-corrected chi connectivity index (χ4v) is 2.71. The summed E-state index contributed by atoms with van der Waals surface area (Å²) in [4.78, 5) is 0. The van der Waals surface area contributed by atoms with E-state index in [0.717, 1.165) is 5.92 Å². The van der Waals surface area contributed by atoms with Gasteiger partial charge < -0.3 is 15.5 Å². The lowest BCUT2D eigenvalue weighted by atomic mass is 9.83. The molecule has 18 heavy (non-hydrogen) atoms. The van der Waals surface area contributed by atoms with Crippen molar-refractivity contribution < 1.29 is 4.42 Å². The molecule has 1 fully saturated rings. The van der Waals surface area contributed by atoms with Gasteiger partial charge >= 0.3 is 6.01 Å². The molecular weight excluding hydrogens is 228 g/mol. The molecule has 0 amide bonds. The average Bonchev–Trinajstić information content (AvgIpc) is 2.80. The van der Waals surface area contributed by atoms with Crippen LogP contribution in [0, 0.1) is 5.92 Å².